The lowest BCUT2D eigenvalue weighted by molar-refractivity contribution is -0.113. The Morgan fingerprint density at radius 3 is 2.75 bits per heavy atom. The molecule has 1 heterocycles. The molecule has 0 atom stereocenters. The quantitative estimate of drug-likeness (QED) is 0.684. The van der Waals surface area contributed by atoms with Gasteiger partial charge in [0.05, 0.1) is 17.6 Å². The molecule has 3 aromatic rings. The molecule has 0 saturated carbocycles. The summed E-state index contributed by atoms with van der Waals surface area (Å²) in [6.45, 7) is 0. The van der Waals surface area contributed by atoms with Gasteiger partial charge in [0.15, 0.2) is 10.9 Å². The van der Waals surface area contributed by atoms with Crippen LogP contribution in [0.25, 0.3) is 10.2 Å². The van der Waals surface area contributed by atoms with E-state index in [4.69, 9.17) is 4.74 Å². The third-order valence-corrected chi connectivity index (χ3v) is 5.02. The van der Waals surface area contributed by atoms with E-state index in [1.165, 1.54) is 17.8 Å². The molecular formula is C16H12F2N2O2S2. The SMILES string of the molecule is COc1ccc(SCC(=O)Nc2nc3c(F)cc(F)cc3s2)cc1. The standard InChI is InChI=1S/C16H12F2N2O2S2/c1-22-10-2-4-11(5-3-10)23-8-14(21)19-16-20-15-12(18)6-9(17)7-13(15)24-16/h2-7H,8H2,1H3,(H,19,20,21). The Morgan fingerprint density at radius 2 is 2.04 bits per heavy atom. The molecular weight excluding hydrogens is 354 g/mol. The fraction of sp³-hybridized carbons (Fsp3) is 0.125. The van der Waals surface area contributed by atoms with Gasteiger partial charge in [-0.1, -0.05) is 11.3 Å². The minimum Gasteiger partial charge on any atom is -0.497 e. The third-order valence-electron chi connectivity index (χ3n) is 3.09. The molecule has 1 aromatic heterocycles. The summed E-state index contributed by atoms with van der Waals surface area (Å²) in [4.78, 5) is 16.9. The van der Waals surface area contributed by atoms with Gasteiger partial charge in [-0.2, -0.15) is 0 Å². The molecule has 4 nitrogen and oxygen atoms in total. The van der Waals surface area contributed by atoms with Crippen molar-refractivity contribution in [2.24, 2.45) is 0 Å². The molecule has 1 amide bonds. The molecule has 0 aliphatic heterocycles. The summed E-state index contributed by atoms with van der Waals surface area (Å²) in [6, 6.07) is 9.29. The normalized spacial score (nSPS) is 10.8. The van der Waals surface area contributed by atoms with Gasteiger partial charge in [-0.15, -0.1) is 11.8 Å². The number of amides is 1. The average molecular weight is 366 g/mol. The Kier molecular flexibility index (Phi) is 4.96. The van der Waals surface area contributed by atoms with E-state index in [-0.39, 0.29) is 22.3 Å². The number of methoxy groups -OCH3 is 1. The van der Waals surface area contributed by atoms with Crippen molar-refractivity contribution in [1.29, 1.82) is 0 Å². The summed E-state index contributed by atoms with van der Waals surface area (Å²) < 4.78 is 32.2. The number of aromatic nitrogens is 1. The minimum atomic E-state index is -0.741. The van der Waals surface area contributed by atoms with Crippen LogP contribution < -0.4 is 10.1 Å². The Hall–Kier alpha value is -2.19. The van der Waals surface area contributed by atoms with Crippen molar-refractivity contribution in [3.05, 3.63) is 48.0 Å². The molecule has 0 spiro atoms. The smallest absolute Gasteiger partial charge is 0.236 e. The number of rotatable bonds is 5. The second kappa shape index (κ2) is 7.14. The highest BCUT2D eigenvalue weighted by Gasteiger charge is 2.12. The van der Waals surface area contributed by atoms with Crippen molar-refractivity contribution in [2.75, 3.05) is 18.2 Å². The Bertz CT molecular complexity index is 882. The molecule has 0 unspecified atom stereocenters. The lowest BCUT2D eigenvalue weighted by Crippen LogP contribution is -2.13. The van der Waals surface area contributed by atoms with E-state index in [0.29, 0.717) is 4.70 Å². The number of hydrogen-bond donors (Lipinski definition) is 1. The fourth-order valence-electron chi connectivity index (χ4n) is 1.99. The van der Waals surface area contributed by atoms with Crippen molar-refractivity contribution in [3.8, 4) is 5.75 Å². The molecule has 0 aliphatic carbocycles. The molecule has 0 bridgehead atoms. The van der Waals surface area contributed by atoms with Gasteiger partial charge in [0.1, 0.15) is 17.1 Å². The molecule has 124 valence electrons. The van der Waals surface area contributed by atoms with Crippen molar-refractivity contribution in [2.45, 2.75) is 4.90 Å². The zero-order valence-corrected chi connectivity index (χ0v) is 14.1. The minimum absolute atomic E-state index is 0.0551. The first-order chi connectivity index (χ1) is 11.5. The summed E-state index contributed by atoms with van der Waals surface area (Å²) in [7, 11) is 1.59. The van der Waals surface area contributed by atoms with Gasteiger partial charge in [0.2, 0.25) is 5.91 Å². The van der Waals surface area contributed by atoms with E-state index in [0.717, 1.165) is 28.0 Å². The number of fused-ring (bicyclic) bond motifs is 1. The van der Waals surface area contributed by atoms with Crippen LogP contribution >= 0.6 is 23.1 Å². The average Bonchev–Trinajstić information content (AvgIpc) is 2.96. The number of nitrogens with zero attached hydrogens (tertiary/aromatic N) is 1. The van der Waals surface area contributed by atoms with Gasteiger partial charge in [-0.05, 0) is 30.3 Å². The Morgan fingerprint density at radius 1 is 1.29 bits per heavy atom. The molecule has 2 aromatic carbocycles. The number of thioether (sulfide) groups is 1. The predicted octanol–water partition coefficient (Wildman–Crippen LogP) is 4.31. The first-order valence-corrected chi connectivity index (χ1v) is 8.67. The highest BCUT2D eigenvalue weighted by molar-refractivity contribution is 8.00. The number of benzene rings is 2. The van der Waals surface area contributed by atoms with Gasteiger partial charge in [0, 0.05) is 11.0 Å². The van der Waals surface area contributed by atoms with E-state index in [1.807, 2.05) is 24.3 Å². The summed E-state index contributed by atoms with van der Waals surface area (Å²) in [5.41, 5.74) is 0.0551. The maximum absolute atomic E-state index is 13.6. The highest BCUT2D eigenvalue weighted by Crippen LogP contribution is 2.29. The van der Waals surface area contributed by atoms with Crippen LogP contribution in [0.15, 0.2) is 41.3 Å². The van der Waals surface area contributed by atoms with E-state index >= 15 is 0 Å². The maximum atomic E-state index is 13.6. The van der Waals surface area contributed by atoms with E-state index in [2.05, 4.69) is 10.3 Å². The number of thiazole rings is 1. The lowest BCUT2D eigenvalue weighted by atomic mass is 10.3. The number of ether oxygens (including phenoxy) is 1. The van der Waals surface area contributed by atoms with Crippen molar-refractivity contribution in [3.63, 3.8) is 0 Å². The number of nitrogens with one attached hydrogen (secondary N) is 1. The Labute approximate surface area is 144 Å². The molecule has 0 saturated heterocycles. The molecule has 3 rings (SSSR count). The summed E-state index contributed by atoms with van der Waals surface area (Å²) in [5.74, 6) is -0.756. The molecule has 8 heteroatoms. The summed E-state index contributed by atoms with van der Waals surface area (Å²) in [6.07, 6.45) is 0. The number of carbonyl (C=O) groups excluding carboxylic acids is 1. The predicted molar refractivity (Wildman–Crippen MR) is 91.9 cm³/mol. The number of halogens is 2. The van der Waals surface area contributed by atoms with E-state index < -0.39 is 11.6 Å². The van der Waals surface area contributed by atoms with Gasteiger partial charge in [-0.3, -0.25) is 4.79 Å². The molecule has 0 aliphatic rings. The summed E-state index contributed by atoms with van der Waals surface area (Å²) >= 11 is 2.39. The van der Waals surface area contributed by atoms with Gasteiger partial charge in [0.25, 0.3) is 0 Å². The molecule has 0 radical (unpaired) electrons. The van der Waals surface area contributed by atoms with Crippen LogP contribution in [0.5, 0.6) is 5.75 Å². The second-order valence-corrected chi connectivity index (χ2v) is 6.85. The van der Waals surface area contributed by atoms with Crippen LogP contribution in [-0.4, -0.2) is 23.8 Å². The van der Waals surface area contributed by atoms with Crippen molar-refractivity contribution in [1.82, 2.24) is 4.98 Å². The van der Waals surface area contributed by atoms with Crippen LogP contribution in [0.4, 0.5) is 13.9 Å². The van der Waals surface area contributed by atoms with Crippen LogP contribution in [0, 0.1) is 11.6 Å². The van der Waals surface area contributed by atoms with Crippen LogP contribution in [0.2, 0.25) is 0 Å². The van der Waals surface area contributed by atoms with Gasteiger partial charge < -0.3 is 10.1 Å². The first kappa shape index (κ1) is 16.7. The second-order valence-electron chi connectivity index (χ2n) is 4.77. The van der Waals surface area contributed by atoms with Crippen LogP contribution in [-0.2, 0) is 4.79 Å². The molecule has 24 heavy (non-hydrogen) atoms. The zero-order chi connectivity index (χ0) is 17.1. The van der Waals surface area contributed by atoms with E-state index in [1.54, 1.807) is 7.11 Å². The monoisotopic (exact) mass is 366 g/mol. The van der Waals surface area contributed by atoms with Crippen LogP contribution in [0.1, 0.15) is 0 Å². The topological polar surface area (TPSA) is 51.2 Å². The Balaban J connectivity index is 1.63. The van der Waals surface area contributed by atoms with E-state index in [9.17, 15) is 13.6 Å². The lowest BCUT2D eigenvalue weighted by Gasteiger charge is -2.03. The number of hydrogen-bond acceptors (Lipinski definition) is 5. The first-order valence-electron chi connectivity index (χ1n) is 6.87. The van der Waals surface area contributed by atoms with Gasteiger partial charge in [-0.25, -0.2) is 13.8 Å². The molecule has 1 N–H and O–H groups in total. The highest BCUT2D eigenvalue weighted by atomic mass is 32.2. The zero-order valence-electron chi connectivity index (χ0n) is 12.5. The number of anilines is 1. The van der Waals surface area contributed by atoms with Crippen LogP contribution in [0.3, 0.4) is 0 Å². The summed E-state index contributed by atoms with van der Waals surface area (Å²) in [5, 5.41) is 2.85. The van der Waals surface area contributed by atoms with Crippen molar-refractivity contribution >= 4 is 44.4 Å². The maximum Gasteiger partial charge on any atom is 0.236 e. The van der Waals surface area contributed by atoms with Crippen molar-refractivity contribution < 1.29 is 18.3 Å². The number of carbonyl (C=O) groups is 1. The fourth-order valence-corrected chi connectivity index (χ4v) is 3.61. The third kappa shape index (κ3) is 3.82. The van der Waals surface area contributed by atoms with Gasteiger partial charge >= 0.3 is 0 Å². The molecule has 0 fully saturated rings. The largest absolute Gasteiger partial charge is 0.497 e.